The van der Waals surface area contributed by atoms with Gasteiger partial charge in [-0.3, -0.25) is 4.79 Å². The van der Waals surface area contributed by atoms with Gasteiger partial charge in [0.05, 0.1) is 12.2 Å². The van der Waals surface area contributed by atoms with E-state index in [-0.39, 0.29) is 23.7 Å². The summed E-state index contributed by atoms with van der Waals surface area (Å²) < 4.78 is 43.8. The number of ketones is 1. The fourth-order valence-electron chi connectivity index (χ4n) is 1.69. The number of unbranched alkanes of at least 4 members (excludes halogenated alkanes) is 1. The second-order valence-corrected chi connectivity index (χ2v) is 4.58. The van der Waals surface area contributed by atoms with Crippen molar-refractivity contribution in [3.05, 3.63) is 29.3 Å². The van der Waals surface area contributed by atoms with Gasteiger partial charge in [-0.2, -0.15) is 13.2 Å². The van der Waals surface area contributed by atoms with Crippen LogP contribution in [-0.4, -0.2) is 18.3 Å². The highest BCUT2D eigenvalue weighted by atomic mass is 19.4. The van der Waals surface area contributed by atoms with Crippen LogP contribution in [0.5, 0.6) is 5.75 Å². The monoisotopic (exact) mass is 303 g/mol. The van der Waals surface area contributed by atoms with E-state index in [0.29, 0.717) is 25.3 Å². The van der Waals surface area contributed by atoms with Crippen LogP contribution >= 0.6 is 0 Å². The van der Waals surface area contributed by atoms with E-state index in [0.717, 1.165) is 6.07 Å². The van der Waals surface area contributed by atoms with E-state index in [9.17, 15) is 22.8 Å². The van der Waals surface area contributed by atoms with Crippen molar-refractivity contribution in [2.24, 2.45) is 5.73 Å². The SMILES string of the molecule is CC(=O)CCCCOc1ccc(C(N)=O)cc1C(F)(F)F. The first-order valence-corrected chi connectivity index (χ1v) is 6.35. The van der Waals surface area contributed by atoms with E-state index >= 15 is 0 Å². The van der Waals surface area contributed by atoms with Crippen molar-refractivity contribution in [3.8, 4) is 5.75 Å². The molecule has 0 saturated carbocycles. The predicted octanol–water partition coefficient (Wildman–Crippen LogP) is 2.94. The molecule has 4 nitrogen and oxygen atoms in total. The normalized spacial score (nSPS) is 11.2. The number of carbonyl (C=O) groups excluding carboxylic acids is 2. The molecule has 0 saturated heterocycles. The van der Waals surface area contributed by atoms with Crippen LogP contribution < -0.4 is 10.5 Å². The highest BCUT2D eigenvalue weighted by Crippen LogP contribution is 2.36. The summed E-state index contributed by atoms with van der Waals surface area (Å²) in [5.41, 5.74) is 3.70. The van der Waals surface area contributed by atoms with E-state index in [1.807, 2.05) is 0 Å². The minimum Gasteiger partial charge on any atom is -0.493 e. The van der Waals surface area contributed by atoms with Gasteiger partial charge in [-0.25, -0.2) is 0 Å². The van der Waals surface area contributed by atoms with Crippen molar-refractivity contribution in [2.45, 2.75) is 32.4 Å². The summed E-state index contributed by atoms with van der Waals surface area (Å²) in [5, 5.41) is 0. The third-order valence-corrected chi connectivity index (χ3v) is 2.75. The van der Waals surface area contributed by atoms with Gasteiger partial charge >= 0.3 is 6.18 Å². The number of benzene rings is 1. The summed E-state index contributed by atoms with van der Waals surface area (Å²) in [5.74, 6) is -1.26. The number of ether oxygens (including phenoxy) is 1. The summed E-state index contributed by atoms with van der Waals surface area (Å²) >= 11 is 0. The van der Waals surface area contributed by atoms with Crippen molar-refractivity contribution < 1.29 is 27.5 Å². The zero-order chi connectivity index (χ0) is 16.0. The molecule has 1 aromatic carbocycles. The molecule has 0 fully saturated rings. The Labute approximate surface area is 120 Å². The van der Waals surface area contributed by atoms with Crippen LogP contribution in [0.2, 0.25) is 0 Å². The average molecular weight is 303 g/mol. The molecule has 0 spiro atoms. The molecule has 0 unspecified atom stereocenters. The molecular weight excluding hydrogens is 287 g/mol. The van der Waals surface area contributed by atoms with Crippen LogP contribution in [0.15, 0.2) is 18.2 Å². The van der Waals surface area contributed by atoms with E-state index in [1.165, 1.54) is 13.0 Å². The summed E-state index contributed by atoms with van der Waals surface area (Å²) in [6.45, 7) is 1.51. The second-order valence-electron chi connectivity index (χ2n) is 4.58. The van der Waals surface area contributed by atoms with E-state index in [2.05, 4.69) is 0 Å². The summed E-state index contributed by atoms with van der Waals surface area (Å²) in [6.07, 6.45) is -3.25. The Morgan fingerprint density at radius 2 is 1.90 bits per heavy atom. The van der Waals surface area contributed by atoms with Crippen LogP contribution in [0, 0.1) is 0 Å². The third kappa shape index (κ3) is 5.45. The molecule has 1 amide bonds. The molecule has 0 aliphatic heterocycles. The Morgan fingerprint density at radius 1 is 1.24 bits per heavy atom. The van der Waals surface area contributed by atoms with Gasteiger partial charge in [0.1, 0.15) is 11.5 Å². The number of halogens is 3. The molecule has 2 N–H and O–H groups in total. The summed E-state index contributed by atoms with van der Waals surface area (Å²) in [6, 6.07) is 2.93. The number of carbonyl (C=O) groups is 2. The molecule has 116 valence electrons. The molecule has 0 atom stereocenters. The largest absolute Gasteiger partial charge is 0.493 e. The number of hydrogen-bond acceptors (Lipinski definition) is 3. The van der Waals surface area contributed by atoms with Gasteiger partial charge in [0.15, 0.2) is 0 Å². The maximum absolute atomic E-state index is 12.9. The number of hydrogen-bond donors (Lipinski definition) is 1. The number of alkyl halides is 3. The first kappa shape index (κ1) is 17.0. The maximum Gasteiger partial charge on any atom is 0.419 e. The van der Waals surface area contributed by atoms with Crippen molar-refractivity contribution in [2.75, 3.05) is 6.61 Å². The first-order valence-electron chi connectivity index (χ1n) is 6.35. The second kappa shape index (κ2) is 7.10. The fraction of sp³-hybridized carbons (Fsp3) is 0.429. The third-order valence-electron chi connectivity index (χ3n) is 2.75. The Bertz CT molecular complexity index is 527. The van der Waals surface area contributed by atoms with Crippen molar-refractivity contribution in [1.29, 1.82) is 0 Å². The lowest BCUT2D eigenvalue weighted by atomic mass is 10.1. The summed E-state index contributed by atoms with van der Waals surface area (Å²) in [4.78, 5) is 21.7. The first-order chi connectivity index (χ1) is 9.71. The van der Waals surface area contributed by atoms with Gasteiger partial charge < -0.3 is 15.3 Å². The predicted molar refractivity (Wildman–Crippen MR) is 70.0 cm³/mol. The fourth-order valence-corrected chi connectivity index (χ4v) is 1.69. The highest BCUT2D eigenvalue weighted by molar-refractivity contribution is 5.93. The zero-order valence-corrected chi connectivity index (χ0v) is 11.5. The van der Waals surface area contributed by atoms with E-state index in [4.69, 9.17) is 10.5 Å². The van der Waals surface area contributed by atoms with Crippen LogP contribution in [-0.2, 0) is 11.0 Å². The van der Waals surface area contributed by atoms with Gasteiger partial charge in [-0.05, 0) is 38.0 Å². The molecular formula is C14H16F3NO3. The number of nitrogens with two attached hydrogens (primary N) is 1. The molecule has 0 aliphatic carbocycles. The molecule has 0 aliphatic rings. The van der Waals surface area contributed by atoms with Crippen molar-refractivity contribution in [1.82, 2.24) is 0 Å². The molecule has 21 heavy (non-hydrogen) atoms. The lowest BCUT2D eigenvalue weighted by molar-refractivity contribution is -0.139. The van der Waals surface area contributed by atoms with Crippen LogP contribution in [0.4, 0.5) is 13.2 Å². The molecule has 1 rings (SSSR count). The highest BCUT2D eigenvalue weighted by Gasteiger charge is 2.35. The zero-order valence-electron chi connectivity index (χ0n) is 11.5. The quantitative estimate of drug-likeness (QED) is 0.787. The molecule has 0 heterocycles. The molecule has 0 aromatic heterocycles. The standard InChI is InChI=1S/C14H16F3NO3/c1-9(19)4-2-3-7-21-12-6-5-10(13(18)20)8-11(12)14(15,16)17/h5-6,8H,2-4,7H2,1H3,(H2,18,20). The number of rotatable bonds is 7. The maximum atomic E-state index is 12.9. The molecule has 0 bridgehead atoms. The van der Waals surface area contributed by atoms with Crippen molar-refractivity contribution >= 4 is 11.7 Å². The Hall–Kier alpha value is -2.05. The average Bonchev–Trinajstić information content (AvgIpc) is 2.36. The molecule has 1 aromatic rings. The number of amides is 1. The Kier molecular flexibility index (Phi) is 5.75. The lowest BCUT2D eigenvalue weighted by Crippen LogP contribution is -2.15. The lowest BCUT2D eigenvalue weighted by Gasteiger charge is -2.14. The van der Waals surface area contributed by atoms with Gasteiger partial charge in [-0.1, -0.05) is 0 Å². The van der Waals surface area contributed by atoms with Crippen molar-refractivity contribution in [3.63, 3.8) is 0 Å². The summed E-state index contributed by atoms with van der Waals surface area (Å²) in [7, 11) is 0. The van der Waals surface area contributed by atoms with Gasteiger partial charge in [0.2, 0.25) is 5.91 Å². The van der Waals surface area contributed by atoms with Crippen LogP contribution in [0.3, 0.4) is 0 Å². The van der Waals surface area contributed by atoms with Crippen LogP contribution in [0.1, 0.15) is 42.1 Å². The number of primary amides is 1. The minimum absolute atomic E-state index is 0.0248. The number of Topliss-reactive ketones (excluding diaryl/α,β-unsaturated/α-hetero) is 1. The minimum atomic E-state index is -4.64. The Morgan fingerprint density at radius 3 is 2.43 bits per heavy atom. The van der Waals surface area contributed by atoms with Crippen LogP contribution in [0.25, 0.3) is 0 Å². The van der Waals surface area contributed by atoms with E-state index in [1.54, 1.807) is 0 Å². The van der Waals surface area contributed by atoms with E-state index < -0.39 is 17.6 Å². The topological polar surface area (TPSA) is 69.4 Å². The smallest absolute Gasteiger partial charge is 0.419 e. The Balaban J connectivity index is 2.77. The molecule has 0 radical (unpaired) electrons. The van der Waals surface area contributed by atoms with Gasteiger partial charge in [0.25, 0.3) is 0 Å². The van der Waals surface area contributed by atoms with Gasteiger partial charge in [0, 0.05) is 12.0 Å². The molecule has 7 heteroatoms. The van der Waals surface area contributed by atoms with Gasteiger partial charge in [-0.15, -0.1) is 0 Å².